The molecule has 1 atom stereocenters. The maximum absolute atomic E-state index is 13.1. The predicted molar refractivity (Wildman–Crippen MR) is 78.2 cm³/mol. The Labute approximate surface area is 151 Å². The van der Waals surface area contributed by atoms with Crippen LogP contribution in [0.5, 0.6) is 0 Å². The second-order valence-electron chi connectivity index (χ2n) is 4.72. The third-order valence-corrected chi connectivity index (χ3v) is 4.12. The molecule has 1 aliphatic heterocycles. The molecule has 0 amide bonds. The van der Waals surface area contributed by atoms with E-state index in [1.165, 1.54) is 6.07 Å². The molecule has 0 radical (unpaired) electrons. The highest BCUT2D eigenvalue weighted by molar-refractivity contribution is 7.44. The molecule has 1 heterocycles. The number of anilines is 1. The van der Waals surface area contributed by atoms with Crippen LogP contribution in [0, 0.1) is 11.3 Å². The molecule has 0 saturated heterocycles. The SMILES string of the molecule is N#CC1=C(C(F)(F)F)C(N)N(c2c(Cl)cc(C(F)(F)F)cc2Cl)[N+]1=S. The molecule has 0 spiro atoms. The summed E-state index contributed by atoms with van der Waals surface area (Å²) in [5, 5.41) is 8.19. The van der Waals surface area contributed by atoms with Crippen LogP contribution < -0.4 is 10.7 Å². The number of hydrogen-bond donors (Lipinski definition) is 1. The molecule has 25 heavy (non-hydrogen) atoms. The molecular weight excluding hydrogens is 417 g/mol. The van der Waals surface area contributed by atoms with E-state index in [0.717, 1.165) is 0 Å². The smallest absolute Gasteiger partial charge is 0.302 e. The summed E-state index contributed by atoms with van der Waals surface area (Å²) in [6.45, 7) is 0. The van der Waals surface area contributed by atoms with Crippen molar-refractivity contribution in [2.75, 3.05) is 5.01 Å². The molecule has 0 fully saturated rings. The van der Waals surface area contributed by atoms with Crippen molar-refractivity contribution in [2.45, 2.75) is 18.5 Å². The average Bonchev–Trinajstić information content (AvgIpc) is 2.69. The molecule has 4 nitrogen and oxygen atoms in total. The predicted octanol–water partition coefficient (Wildman–Crippen LogP) is 4.11. The lowest BCUT2D eigenvalue weighted by molar-refractivity contribution is -0.447. The number of allylic oxidation sites excluding steroid dienone is 1. The maximum Gasteiger partial charge on any atom is 0.423 e. The highest BCUT2D eigenvalue weighted by Crippen LogP contribution is 2.45. The van der Waals surface area contributed by atoms with Gasteiger partial charge in [0, 0.05) is 4.05 Å². The molecule has 1 aliphatic rings. The van der Waals surface area contributed by atoms with E-state index in [2.05, 4.69) is 0 Å². The van der Waals surface area contributed by atoms with Gasteiger partial charge < -0.3 is 5.73 Å². The number of rotatable bonds is 1. The Morgan fingerprint density at radius 2 is 1.60 bits per heavy atom. The third kappa shape index (κ3) is 3.39. The fraction of sp³-hybridized carbons (Fsp3) is 0.250. The minimum atomic E-state index is -5.00. The summed E-state index contributed by atoms with van der Waals surface area (Å²) in [4.78, 5) is 0. The Morgan fingerprint density at radius 3 is 1.92 bits per heavy atom. The molecule has 2 rings (SSSR count). The first kappa shape index (κ1) is 19.7. The number of nitrogens with zero attached hydrogens (tertiary/aromatic N) is 3. The van der Waals surface area contributed by atoms with Crippen molar-refractivity contribution in [3.63, 3.8) is 0 Å². The standard InChI is InChI=1S/C12H5Cl2F6N4S/c13-5-1-4(11(15,16)17)2-6(14)9(5)23-10(22)8(12(18,19)20)7(3-21)24(23)25/h1-2,10H,22H2/q+1. The zero-order valence-electron chi connectivity index (χ0n) is 11.6. The van der Waals surface area contributed by atoms with E-state index in [0.29, 0.717) is 21.2 Å². The normalized spacial score (nSPS) is 18.8. The summed E-state index contributed by atoms with van der Waals surface area (Å²) in [6, 6.07) is 2.21. The first-order valence-corrected chi connectivity index (χ1v) is 7.22. The van der Waals surface area contributed by atoms with E-state index < -0.39 is 51.1 Å². The van der Waals surface area contributed by atoms with Gasteiger partial charge in [0.1, 0.15) is 5.69 Å². The Hall–Kier alpha value is -1.61. The highest BCUT2D eigenvalue weighted by Gasteiger charge is 2.56. The van der Waals surface area contributed by atoms with Gasteiger partial charge in [0.2, 0.25) is 0 Å². The van der Waals surface area contributed by atoms with Crippen LogP contribution in [0.15, 0.2) is 23.4 Å². The summed E-state index contributed by atoms with van der Waals surface area (Å²) in [5.41, 5.74) is 1.36. The Morgan fingerprint density at radius 1 is 1.12 bits per heavy atom. The lowest BCUT2D eigenvalue weighted by Gasteiger charge is -2.21. The van der Waals surface area contributed by atoms with E-state index in [-0.39, 0.29) is 0 Å². The second-order valence-corrected chi connectivity index (χ2v) is 5.88. The number of nitriles is 1. The summed E-state index contributed by atoms with van der Waals surface area (Å²) in [7, 11) is 0. The van der Waals surface area contributed by atoms with Crippen LogP contribution in [0.4, 0.5) is 32.0 Å². The van der Waals surface area contributed by atoms with Crippen LogP contribution >= 0.6 is 23.2 Å². The molecule has 134 valence electrons. The van der Waals surface area contributed by atoms with Gasteiger partial charge in [-0.2, -0.15) is 31.6 Å². The van der Waals surface area contributed by atoms with Crippen molar-refractivity contribution < 1.29 is 30.4 Å². The summed E-state index contributed by atoms with van der Waals surface area (Å²) in [5.74, 6) is 0. The molecule has 13 heteroatoms. The van der Waals surface area contributed by atoms with Gasteiger partial charge in [-0.3, -0.25) is 0 Å². The summed E-state index contributed by atoms with van der Waals surface area (Å²) >= 11 is 16.3. The molecule has 0 saturated carbocycles. The molecule has 0 aromatic heterocycles. The quantitative estimate of drug-likeness (QED) is 0.547. The van der Waals surface area contributed by atoms with Gasteiger partial charge in [-0.1, -0.05) is 23.2 Å². The van der Waals surface area contributed by atoms with Crippen LogP contribution in [0.2, 0.25) is 10.0 Å². The zero-order valence-corrected chi connectivity index (χ0v) is 13.9. The lowest BCUT2D eigenvalue weighted by Crippen LogP contribution is -2.45. The van der Waals surface area contributed by atoms with Gasteiger partial charge in [-0.05, 0) is 12.1 Å². The minimum absolute atomic E-state index is 0.327. The van der Waals surface area contributed by atoms with E-state index >= 15 is 0 Å². The number of hydrogen-bond acceptors (Lipinski definition) is 3. The van der Waals surface area contributed by atoms with Crippen molar-refractivity contribution in [3.8, 4) is 6.07 Å². The Kier molecular flexibility index (Phi) is 4.95. The maximum atomic E-state index is 13.1. The van der Waals surface area contributed by atoms with Crippen molar-refractivity contribution in [2.24, 2.45) is 5.73 Å². The first-order chi connectivity index (χ1) is 11.3. The van der Waals surface area contributed by atoms with E-state index in [1.54, 1.807) is 0 Å². The monoisotopic (exact) mass is 421 g/mol. The summed E-state index contributed by atoms with van der Waals surface area (Å²) in [6.07, 6.45) is -11.8. The van der Waals surface area contributed by atoms with Gasteiger partial charge in [-0.25, -0.2) is 0 Å². The summed E-state index contributed by atoms with van der Waals surface area (Å²) < 4.78 is 78.0. The molecule has 1 unspecified atom stereocenters. The van der Waals surface area contributed by atoms with Crippen molar-refractivity contribution in [3.05, 3.63) is 39.0 Å². The number of halogens is 8. The first-order valence-electron chi connectivity index (χ1n) is 6.10. The molecule has 0 bridgehead atoms. The second kappa shape index (κ2) is 6.28. The Balaban J connectivity index is 2.63. The van der Waals surface area contributed by atoms with Crippen molar-refractivity contribution in [1.82, 2.24) is 0 Å². The van der Waals surface area contributed by atoms with Gasteiger partial charge in [0.05, 0.1) is 15.6 Å². The van der Waals surface area contributed by atoms with Crippen LogP contribution in [0.1, 0.15) is 5.56 Å². The van der Waals surface area contributed by atoms with Crippen molar-refractivity contribution >= 4 is 41.3 Å². The molecular formula is C12H5Cl2F6N4S+. The number of nitrogens with two attached hydrogens (primary N) is 1. The van der Waals surface area contributed by atoms with Crippen LogP contribution in [0.25, 0.3) is 0 Å². The molecule has 2 N–H and O–H groups in total. The fourth-order valence-electron chi connectivity index (χ4n) is 2.17. The van der Waals surface area contributed by atoms with Crippen LogP contribution in [0.3, 0.4) is 0 Å². The van der Waals surface area contributed by atoms with Crippen LogP contribution in [-0.2, 0) is 18.6 Å². The molecule has 1 aromatic carbocycles. The number of hydrazine groups is 1. The van der Waals surface area contributed by atoms with E-state index in [9.17, 15) is 26.3 Å². The van der Waals surface area contributed by atoms with E-state index in [1.807, 2.05) is 0 Å². The van der Waals surface area contributed by atoms with Gasteiger partial charge >= 0.3 is 30.5 Å². The zero-order chi connectivity index (χ0) is 19.3. The third-order valence-electron chi connectivity index (χ3n) is 3.19. The topological polar surface area (TPSA) is 56.1 Å². The minimum Gasteiger partial charge on any atom is -0.302 e. The highest BCUT2D eigenvalue weighted by atomic mass is 35.5. The van der Waals surface area contributed by atoms with Gasteiger partial charge in [-0.15, -0.1) is 5.01 Å². The lowest BCUT2D eigenvalue weighted by atomic mass is 10.1. The largest absolute Gasteiger partial charge is 0.423 e. The number of benzene rings is 1. The van der Waals surface area contributed by atoms with Crippen molar-refractivity contribution in [1.29, 1.82) is 5.26 Å². The molecule has 0 aliphatic carbocycles. The molecule has 1 aromatic rings. The van der Waals surface area contributed by atoms with Crippen LogP contribution in [-0.4, -0.2) is 16.4 Å². The number of alkyl halides is 6. The van der Waals surface area contributed by atoms with E-state index in [4.69, 9.17) is 46.6 Å². The van der Waals surface area contributed by atoms with Gasteiger partial charge in [0.15, 0.2) is 17.8 Å². The average molecular weight is 422 g/mol. The fourth-order valence-corrected chi connectivity index (χ4v) is 3.15. The Bertz CT molecular complexity index is 803. The van der Waals surface area contributed by atoms with Gasteiger partial charge in [0.25, 0.3) is 0 Å².